The van der Waals surface area contributed by atoms with Crippen LogP contribution in [0, 0.1) is 0 Å². The minimum absolute atomic E-state index is 0.358. The number of fused-ring (bicyclic) bond motifs is 1. The molecule has 5 heteroatoms. The summed E-state index contributed by atoms with van der Waals surface area (Å²) < 4.78 is 12.3. The molecule has 0 radical (unpaired) electrons. The number of nitrogen functional groups attached to an aromatic ring is 1. The van der Waals surface area contributed by atoms with Crippen molar-refractivity contribution in [1.29, 1.82) is 0 Å². The lowest BCUT2D eigenvalue weighted by atomic mass is 9.78. The molecule has 126 valence electrons. The van der Waals surface area contributed by atoms with Crippen molar-refractivity contribution in [3.8, 4) is 0 Å². The van der Waals surface area contributed by atoms with Crippen LogP contribution in [0.25, 0.3) is 16.8 Å². The molecule has 0 aliphatic carbocycles. The van der Waals surface area contributed by atoms with Gasteiger partial charge in [-0.2, -0.15) is 12.6 Å². The zero-order valence-corrected chi connectivity index (χ0v) is 15.6. The average molecular weight is 341 g/mol. The molecule has 0 amide bonds. The van der Waals surface area contributed by atoms with E-state index in [2.05, 4.69) is 58.5 Å². The zero-order valence-electron chi connectivity index (χ0n) is 14.7. The van der Waals surface area contributed by atoms with E-state index in [-0.39, 0.29) is 18.3 Å². The van der Waals surface area contributed by atoms with Gasteiger partial charge in [-0.3, -0.25) is 0 Å². The minimum atomic E-state index is -0.385. The molecule has 2 aromatic rings. The molecule has 0 aromatic heterocycles. The number of hydrogen-bond donors (Lipinski definition) is 2. The van der Waals surface area contributed by atoms with Crippen LogP contribution in [0.3, 0.4) is 0 Å². The van der Waals surface area contributed by atoms with Crippen molar-refractivity contribution in [2.45, 2.75) is 38.9 Å². The fraction of sp³-hybridized carbons (Fsp3) is 0.368. The molecule has 24 heavy (non-hydrogen) atoms. The Bertz CT molecular complexity index is 785. The van der Waals surface area contributed by atoms with E-state index in [9.17, 15) is 0 Å². The van der Waals surface area contributed by atoms with Crippen LogP contribution in [0.15, 0.2) is 41.9 Å². The lowest BCUT2D eigenvalue weighted by Crippen LogP contribution is -2.41. The van der Waals surface area contributed by atoms with Gasteiger partial charge in [-0.05, 0) is 50.2 Å². The second-order valence-electron chi connectivity index (χ2n) is 7.26. The van der Waals surface area contributed by atoms with E-state index < -0.39 is 0 Å². The van der Waals surface area contributed by atoms with Crippen LogP contribution >= 0.6 is 12.6 Å². The van der Waals surface area contributed by atoms with Crippen molar-refractivity contribution in [2.24, 2.45) is 0 Å². The molecular weight excluding hydrogens is 317 g/mol. The van der Waals surface area contributed by atoms with Crippen molar-refractivity contribution in [1.82, 2.24) is 0 Å². The highest BCUT2D eigenvalue weighted by Gasteiger charge is 2.52. The minimum Gasteiger partial charge on any atom is -0.400 e. The summed E-state index contributed by atoms with van der Waals surface area (Å²) in [7, 11) is -0.385. The topological polar surface area (TPSA) is 44.5 Å². The first-order chi connectivity index (χ1) is 11.2. The number of rotatable bonds is 3. The highest BCUT2D eigenvalue weighted by molar-refractivity contribution is 7.80. The quantitative estimate of drug-likeness (QED) is 0.495. The fourth-order valence-corrected chi connectivity index (χ4v) is 3.11. The van der Waals surface area contributed by atoms with Crippen LogP contribution in [-0.2, 0) is 9.31 Å². The van der Waals surface area contributed by atoms with Crippen molar-refractivity contribution in [2.75, 3.05) is 11.5 Å². The summed E-state index contributed by atoms with van der Waals surface area (Å²) in [5.41, 5.74) is 8.27. The Morgan fingerprint density at radius 3 is 2.25 bits per heavy atom. The summed E-state index contributed by atoms with van der Waals surface area (Å²) in [6.07, 6.45) is 2.11. The first kappa shape index (κ1) is 17.4. The summed E-state index contributed by atoms with van der Waals surface area (Å²) in [5.74, 6) is 0.565. The molecule has 3 rings (SSSR count). The Balaban J connectivity index is 2.03. The maximum atomic E-state index is 6.16. The zero-order chi connectivity index (χ0) is 17.5. The van der Waals surface area contributed by atoms with Crippen molar-refractivity contribution in [3.05, 3.63) is 47.4 Å². The third-order valence-electron chi connectivity index (χ3n) is 5.07. The second-order valence-corrected chi connectivity index (χ2v) is 7.57. The van der Waals surface area contributed by atoms with Gasteiger partial charge >= 0.3 is 7.12 Å². The van der Waals surface area contributed by atoms with Crippen molar-refractivity contribution >= 4 is 42.3 Å². The van der Waals surface area contributed by atoms with Gasteiger partial charge in [0.05, 0.1) is 11.2 Å². The molecule has 1 aliphatic rings. The summed E-state index contributed by atoms with van der Waals surface area (Å²) in [5, 5.41) is 2.17. The third kappa shape index (κ3) is 2.96. The fourth-order valence-electron chi connectivity index (χ4n) is 2.87. The third-order valence-corrected chi connectivity index (χ3v) is 5.43. The predicted molar refractivity (Wildman–Crippen MR) is 106 cm³/mol. The van der Waals surface area contributed by atoms with E-state index >= 15 is 0 Å². The van der Waals surface area contributed by atoms with E-state index in [0.29, 0.717) is 5.75 Å². The maximum absolute atomic E-state index is 6.16. The smallest absolute Gasteiger partial charge is 0.400 e. The van der Waals surface area contributed by atoms with E-state index in [1.807, 2.05) is 24.3 Å². The molecule has 3 nitrogen and oxygen atoms in total. The summed E-state index contributed by atoms with van der Waals surface area (Å²) in [6.45, 7) is 8.23. The maximum Gasteiger partial charge on any atom is 0.491 e. The highest BCUT2D eigenvalue weighted by atomic mass is 32.1. The van der Waals surface area contributed by atoms with Gasteiger partial charge in [0.2, 0.25) is 0 Å². The number of thiol groups is 1. The lowest BCUT2D eigenvalue weighted by Gasteiger charge is -2.32. The van der Waals surface area contributed by atoms with E-state index in [0.717, 1.165) is 27.5 Å². The molecule has 1 aliphatic heterocycles. The average Bonchev–Trinajstić information content (AvgIpc) is 2.73. The normalized spacial score (nSPS) is 19.9. The van der Waals surface area contributed by atoms with Crippen molar-refractivity contribution in [3.63, 3.8) is 0 Å². The van der Waals surface area contributed by atoms with Crippen LogP contribution in [0.5, 0.6) is 0 Å². The second kappa shape index (κ2) is 6.14. The highest BCUT2D eigenvalue weighted by Crippen LogP contribution is 2.39. The number of hydrogen-bond acceptors (Lipinski definition) is 4. The van der Waals surface area contributed by atoms with Gasteiger partial charge in [0, 0.05) is 16.8 Å². The molecule has 0 saturated carbocycles. The number of benzene rings is 2. The summed E-state index contributed by atoms with van der Waals surface area (Å²) in [6, 6.07) is 12.1. The van der Waals surface area contributed by atoms with Gasteiger partial charge in [0.1, 0.15) is 0 Å². The molecule has 0 unspecified atom stereocenters. The molecule has 1 saturated heterocycles. The first-order valence-corrected chi connectivity index (χ1v) is 8.82. The van der Waals surface area contributed by atoms with Gasteiger partial charge < -0.3 is 15.0 Å². The lowest BCUT2D eigenvalue weighted by molar-refractivity contribution is 0.00578. The molecule has 0 spiro atoms. The van der Waals surface area contributed by atoms with Crippen LogP contribution in [0.4, 0.5) is 5.69 Å². The van der Waals surface area contributed by atoms with Crippen LogP contribution < -0.4 is 5.73 Å². The number of nitrogens with two attached hydrogens (primary N) is 1. The Hall–Kier alpha value is -1.43. The Morgan fingerprint density at radius 2 is 1.62 bits per heavy atom. The molecule has 2 N–H and O–H groups in total. The Morgan fingerprint density at radius 1 is 1.04 bits per heavy atom. The SMILES string of the molecule is CC1(C)OB(C(=Cc2cccc3c(N)cccc23)CS)OC1(C)C. The molecule has 0 bridgehead atoms. The van der Waals surface area contributed by atoms with Gasteiger partial charge in [0.25, 0.3) is 0 Å². The predicted octanol–water partition coefficient (Wildman–Crippen LogP) is 4.37. The Kier molecular flexibility index (Phi) is 4.45. The van der Waals surface area contributed by atoms with Gasteiger partial charge in [-0.15, -0.1) is 0 Å². The Labute approximate surface area is 149 Å². The van der Waals surface area contributed by atoms with Gasteiger partial charge in [0.15, 0.2) is 0 Å². The molecule has 1 heterocycles. The standard InChI is InChI=1S/C19H24BNO2S/c1-18(2)19(3,4)23-20(22-18)14(12-24)11-13-7-5-9-16-15(13)8-6-10-17(16)21/h5-11,24H,12,21H2,1-4H3. The van der Waals surface area contributed by atoms with E-state index in [4.69, 9.17) is 15.0 Å². The molecule has 0 atom stereocenters. The van der Waals surface area contributed by atoms with Crippen LogP contribution in [0.1, 0.15) is 33.3 Å². The molecule has 1 fully saturated rings. The van der Waals surface area contributed by atoms with Gasteiger partial charge in [-0.25, -0.2) is 0 Å². The van der Waals surface area contributed by atoms with Crippen LogP contribution in [0.2, 0.25) is 0 Å². The van der Waals surface area contributed by atoms with Crippen LogP contribution in [-0.4, -0.2) is 24.1 Å². The largest absolute Gasteiger partial charge is 0.491 e. The molecular formula is C19H24BNO2S. The van der Waals surface area contributed by atoms with E-state index in [1.165, 1.54) is 0 Å². The van der Waals surface area contributed by atoms with Crippen molar-refractivity contribution < 1.29 is 9.31 Å². The summed E-state index contributed by atoms with van der Waals surface area (Å²) >= 11 is 4.50. The monoisotopic (exact) mass is 341 g/mol. The number of anilines is 1. The molecule has 2 aromatic carbocycles. The first-order valence-electron chi connectivity index (χ1n) is 8.19. The summed E-state index contributed by atoms with van der Waals surface area (Å²) in [4.78, 5) is 0. The van der Waals surface area contributed by atoms with Gasteiger partial charge in [-0.1, -0.05) is 36.4 Å². The van der Waals surface area contributed by atoms with E-state index in [1.54, 1.807) is 0 Å².